The first-order valence-corrected chi connectivity index (χ1v) is 13.5. The van der Waals surface area contributed by atoms with E-state index in [0.29, 0.717) is 11.1 Å². The fourth-order valence-electron chi connectivity index (χ4n) is 5.44. The molecule has 2 aromatic carbocycles. The van der Waals surface area contributed by atoms with Gasteiger partial charge in [-0.2, -0.15) is 4.98 Å². The summed E-state index contributed by atoms with van der Waals surface area (Å²) in [7, 11) is 0. The van der Waals surface area contributed by atoms with Crippen molar-refractivity contribution >= 4 is 46.4 Å². The van der Waals surface area contributed by atoms with E-state index in [-0.39, 0.29) is 5.41 Å². The summed E-state index contributed by atoms with van der Waals surface area (Å²) in [6.45, 7) is 6.51. The van der Waals surface area contributed by atoms with Crippen LogP contribution in [0, 0.1) is 6.92 Å². The lowest BCUT2D eigenvalue weighted by atomic mass is 9.79. The zero-order valence-electron chi connectivity index (χ0n) is 20.7. The van der Waals surface area contributed by atoms with E-state index in [4.69, 9.17) is 28.8 Å². The Hall–Kier alpha value is -2.90. The van der Waals surface area contributed by atoms with Crippen LogP contribution in [0.3, 0.4) is 0 Å². The van der Waals surface area contributed by atoms with Crippen LogP contribution < -0.4 is 20.4 Å². The van der Waals surface area contributed by atoms with Gasteiger partial charge in [-0.3, -0.25) is 0 Å². The van der Waals surface area contributed by atoms with Gasteiger partial charge in [-0.25, -0.2) is 4.98 Å². The number of hydrogen-bond donors (Lipinski definition) is 2. The smallest absolute Gasteiger partial charge is 0.231 e. The van der Waals surface area contributed by atoms with E-state index in [2.05, 4.69) is 67.9 Å². The van der Waals surface area contributed by atoms with Gasteiger partial charge in [0.1, 0.15) is 5.82 Å². The van der Waals surface area contributed by atoms with Crippen LogP contribution in [0.1, 0.15) is 36.9 Å². The topological polar surface area (TPSA) is 56.3 Å². The molecule has 1 aliphatic carbocycles. The van der Waals surface area contributed by atoms with Crippen molar-refractivity contribution in [3.05, 3.63) is 76.9 Å². The van der Waals surface area contributed by atoms with Gasteiger partial charge in [-0.15, -0.1) is 0 Å². The molecule has 1 saturated heterocycles. The Morgan fingerprint density at radius 1 is 0.944 bits per heavy atom. The van der Waals surface area contributed by atoms with E-state index >= 15 is 0 Å². The molecule has 0 amide bonds. The quantitative estimate of drug-likeness (QED) is 0.412. The average Bonchev–Trinajstić information content (AvgIpc) is 3.38. The van der Waals surface area contributed by atoms with Crippen LogP contribution in [0.15, 0.2) is 60.7 Å². The Morgan fingerprint density at radius 2 is 1.67 bits per heavy atom. The molecular weight excluding hydrogens is 488 g/mol. The van der Waals surface area contributed by atoms with E-state index in [0.717, 1.165) is 62.1 Å². The minimum Gasteiger partial charge on any atom is -0.368 e. The highest BCUT2D eigenvalue weighted by Crippen LogP contribution is 2.41. The number of benzene rings is 2. The number of halogens is 1. The van der Waals surface area contributed by atoms with E-state index < -0.39 is 0 Å². The van der Waals surface area contributed by atoms with E-state index in [1.165, 1.54) is 24.1 Å². The summed E-state index contributed by atoms with van der Waals surface area (Å²) in [5.41, 5.74) is 3.52. The molecule has 2 fully saturated rings. The van der Waals surface area contributed by atoms with Gasteiger partial charge >= 0.3 is 0 Å². The second-order valence-corrected chi connectivity index (χ2v) is 10.7. The lowest BCUT2D eigenvalue weighted by molar-refractivity contribution is 0.435. The summed E-state index contributed by atoms with van der Waals surface area (Å²) in [6, 6.07) is 20.9. The van der Waals surface area contributed by atoms with E-state index in [1.807, 2.05) is 25.1 Å². The Kier molecular flexibility index (Phi) is 7.58. The first-order chi connectivity index (χ1) is 17.5. The number of hydrogen-bond acceptors (Lipinski definition) is 5. The Balaban J connectivity index is 1.21. The van der Waals surface area contributed by atoms with Crippen LogP contribution in [0.5, 0.6) is 0 Å². The molecule has 1 aliphatic heterocycles. The number of para-hydroxylation sites is 1. The predicted octanol–water partition coefficient (Wildman–Crippen LogP) is 5.56. The first-order valence-electron chi connectivity index (χ1n) is 12.7. The van der Waals surface area contributed by atoms with Crippen LogP contribution >= 0.6 is 23.8 Å². The van der Waals surface area contributed by atoms with Gasteiger partial charge in [0.25, 0.3) is 0 Å². The SMILES string of the molecule is Cc1cc(N2CCN(c3ccccc3)CC2)nc(NC(=S)NCC2(c3cccc(Cl)c3)CCCC2)n1. The minimum absolute atomic E-state index is 0.0493. The number of nitrogens with one attached hydrogen (secondary N) is 2. The van der Waals surface area contributed by atoms with Crippen molar-refractivity contribution in [2.24, 2.45) is 0 Å². The molecule has 3 aromatic rings. The molecule has 0 atom stereocenters. The van der Waals surface area contributed by atoms with Crippen LogP contribution in [-0.4, -0.2) is 47.8 Å². The van der Waals surface area contributed by atoms with Gasteiger partial charge < -0.3 is 20.4 Å². The fraction of sp³-hybridized carbons (Fsp3) is 0.393. The van der Waals surface area contributed by atoms with Crippen molar-refractivity contribution in [1.82, 2.24) is 15.3 Å². The lowest BCUT2D eigenvalue weighted by Gasteiger charge is -2.36. The number of thiocarbonyl (C=S) groups is 1. The lowest BCUT2D eigenvalue weighted by Crippen LogP contribution is -2.47. The molecule has 36 heavy (non-hydrogen) atoms. The third-order valence-electron chi connectivity index (χ3n) is 7.38. The standard InChI is InChI=1S/C28H33ClN6S/c1-21-18-25(35-16-14-34(15-17-35)24-10-3-2-4-11-24)32-26(31-21)33-27(36)30-20-28(12-5-6-13-28)22-8-7-9-23(29)19-22/h2-4,7-11,18-19H,5-6,12-17,20H2,1H3,(H2,30,31,32,33,36). The van der Waals surface area contributed by atoms with Gasteiger partial charge in [0.15, 0.2) is 5.11 Å². The van der Waals surface area contributed by atoms with Gasteiger partial charge in [0.05, 0.1) is 0 Å². The monoisotopic (exact) mass is 520 g/mol. The predicted molar refractivity (Wildman–Crippen MR) is 153 cm³/mol. The Labute approximate surface area is 224 Å². The van der Waals surface area contributed by atoms with Crippen LogP contribution in [0.2, 0.25) is 5.02 Å². The minimum atomic E-state index is 0.0493. The van der Waals surface area contributed by atoms with Crippen LogP contribution in [-0.2, 0) is 5.41 Å². The largest absolute Gasteiger partial charge is 0.368 e. The highest BCUT2D eigenvalue weighted by Gasteiger charge is 2.35. The normalized spacial score (nSPS) is 17.2. The molecule has 2 aliphatic rings. The zero-order valence-corrected chi connectivity index (χ0v) is 22.3. The fourth-order valence-corrected chi connectivity index (χ4v) is 5.79. The Morgan fingerprint density at radius 3 is 2.39 bits per heavy atom. The summed E-state index contributed by atoms with van der Waals surface area (Å²) in [5.74, 6) is 1.47. The highest BCUT2D eigenvalue weighted by molar-refractivity contribution is 7.80. The summed E-state index contributed by atoms with van der Waals surface area (Å²) >= 11 is 12.0. The van der Waals surface area contributed by atoms with E-state index in [9.17, 15) is 0 Å². The molecule has 188 valence electrons. The average molecular weight is 521 g/mol. The summed E-state index contributed by atoms with van der Waals surface area (Å²) in [5, 5.41) is 8.02. The molecule has 2 heterocycles. The number of piperazine rings is 1. The maximum atomic E-state index is 6.31. The molecule has 0 spiro atoms. The molecule has 0 radical (unpaired) electrons. The molecule has 2 N–H and O–H groups in total. The second-order valence-electron chi connectivity index (χ2n) is 9.81. The summed E-state index contributed by atoms with van der Waals surface area (Å²) in [4.78, 5) is 14.1. The van der Waals surface area contributed by atoms with Crippen molar-refractivity contribution in [1.29, 1.82) is 0 Å². The van der Waals surface area contributed by atoms with Crippen molar-refractivity contribution in [2.45, 2.75) is 38.0 Å². The van der Waals surface area contributed by atoms with Crippen molar-refractivity contribution in [2.75, 3.05) is 47.8 Å². The van der Waals surface area contributed by atoms with Gasteiger partial charge in [-0.1, -0.05) is 54.8 Å². The zero-order chi connectivity index (χ0) is 25.0. The molecule has 0 bridgehead atoms. The van der Waals surface area contributed by atoms with E-state index in [1.54, 1.807) is 0 Å². The van der Waals surface area contributed by atoms with Crippen molar-refractivity contribution < 1.29 is 0 Å². The number of rotatable bonds is 6. The maximum Gasteiger partial charge on any atom is 0.231 e. The third kappa shape index (κ3) is 5.73. The third-order valence-corrected chi connectivity index (χ3v) is 7.86. The number of aryl methyl sites for hydroxylation is 1. The number of nitrogens with zero attached hydrogens (tertiary/aromatic N) is 4. The maximum absolute atomic E-state index is 6.31. The first kappa shape index (κ1) is 24.8. The molecular formula is C28H33ClN6S. The molecule has 0 unspecified atom stereocenters. The highest BCUT2D eigenvalue weighted by atomic mass is 35.5. The summed E-state index contributed by atoms with van der Waals surface area (Å²) in [6.07, 6.45) is 4.69. The van der Waals surface area contributed by atoms with Gasteiger partial charge in [-0.05, 0) is 61.8 Å². The van der Waals surface area contributed by atoms with Gasteiger partial charge in [0.2, 0.25) is 5.95 Å². The molecule has 6 nitrogen and oxygen atoms in total. The van der Waals surface area contributed by atoms with Crippen LogP contribution in [0.25, 0.3) is 0 Å². The number of aromatic nitrogens is 2. The Bertz CT molecular complexity index is 1190. The van der Waals surface area contributed by atoms with Gasteiger partial charge in [0, 0.05) is 60.6 Å². The molecule has 5 rings (SSSR count). The molecule has 8 heteroatoms. The van der Waals surface area contributed by atoms with Crippen molar-refractivity contribution in [3.63, 3.8) is 0 Å². The van der Waals surface area contributed by atoms with Crippen molar-refractivity contribution in [3.8, 4) is 0 Å². The van der Waals surface area contributed by atoms with Crippen LogP contribution in [0.4, 0.5) is 17.5 Å². The summed E-state index contributed by atoms with van der Waals surface area (Å²) < 4.78 is 0. The molecule has 1 aromatic heterocycles. The second kappa shape index (κ2) is 11.0. The number of anilines is 3. The molecule has 1 saturated carbocycles.